The quantitative estimate of drug-likeness (QED) is 0.655. The maximum absolute atomic E-state index is 14.2. The van der Waals surface area contributed by atoms with Crippen LogP contribution in [-0.4, -0.2) is 66.3 Å². The zero-order valence-electron chi connectivity index (χ0n) is 20.1. The van der Waals surface area contributed by atoms with Gasteiger partial charge in [-0.15, -0.1) is 0 Å². The number of carbonyl (C=O) groups is 3. The van der Waals surface area contributed by atoms with E-state index in [2.05, 4.69) is 10.6 Å². The minimum Gasteiger partial charge on any atom is -0.344 e. The number of hydrogen-bond donors (Lipinski definition) is 2. The van der Waals surface area contributed by atoms with Gasteiger partial charge in [0.05, 0.1) is 6.54 Å². The molecule has 0 radical (unpaired) electrons. The number of rotatable bonds is 7. The molecule has 1 fully saturated rings. The molecule has 0 aliphatic carbocycles. The Morgan fingerprint density at radius 2 is 1.68 bits per heavy atom. The number of anilines is 1. The lowest BCUT2D eigenvalue weighted by Crippen LogP contribution is -2.50. The molecular weight excluding hydrogens is 435 g/mol. The van der Waals surface area contributed by atoms with Gasteiger partial charge in [0.15, 0.2) is 0 Å². The molecule has 3 amide bonds. The van der Waals surface area contributed by atoms with Crippen LogP contribution in [0.2, 0.25) is 0 Å². The number of halogens is 1. The summed E-state index contributed by atoms with van der Waals surface area (Å²) in [6.07, 6.45) is 0.790. The molecule has 3 rings (SSSR count). The third-order valence-electron chi connectivity index (χ3n) is 6.07. The summed E-state index contributed by atoms with van der Waals surface area (Å²) in [5.41, 5.74) is 3.25. The van der Waals surface area contributed by atoms with Gasteiger partial charge in [0.25, 0.3) is 0 Å². The Hall–Kier alpha value is -3.26. The van der Waals surface area contributed by atoms with Crippen molar-refractivity contribution in [2.24, 2.45) is 0 Å². The van der Waals surface area contributed by atoms with Gasteiger partial charge in [-0.25, -0.2) is 4.39 Å². The third kappa shape index (κ3) is 6.87. The van der Waals surface area contributed by atoms with Gasteiger partial charge >= 0.3 is 0 Å². The Kier molecular flexibility index (Phi) is 8.76. The molecule has 182 valence electrons. The van der Waals surface area contributed by atoms with Crippen LogP contribution in [0.3, 0.4) is 0 Å². The standard InChI is InChI=1S/C26H33FN4O3/c1-18-8-6-9-19(2)25(18)29-24(33)17-30-12-7-13-31(15-14-30)26(34)23(28-20(3)32)16-21-10-4-5-11-22(21)27/h4-6,8-11,23H,7,12-17H2,1-3H3,(H,28,32)(H,29,33). The number of hydrogen-bond acceptors (Lipinski definition) is 4. The van der Waals surface area contributed by atoms with Crippen LogP contribution in [0.4, 0.5) is 10.1 Å². The number of aryl methyl sites for hydroxylation is 2. The van der Waals surface area contributed by atoms with Crippen LogP contribution in [0, 0.1) is 19.7 Å². The summed E-state index contributed by atoms with van der Waals surface area (Å²) in [6.45, 7) is 7.68. The number of nitrogens with zero attached hydrogens (tertiary/aromatic N) is 2. The first-order chi connectivity index (χ1) is 16.2. The van der Waals surface area contributed by atoms with Crippen molar-refractivity contribution in [1.29, 1.82) is 0 Å². The average Bonchev–Trinajstić information content (AvgIpc) is 3.02. The first kappa shape index (κ1) is 25.4. The van der Waals surface area contributed by atoms with Crippen LogP contribution < -0.4 is 10.6 Å². The molecule has 1 aliphatic rings. The van der Waals surface area contributed by atoms with Crippen molar-refractivity contribution < 1.29 is 18.8 Å². The predicted molar refractivity (Wildman–Crippen MR) is 130 cm³/mol. The van der Waals surface area contributed by atoms with Gasteiger partial charge in [0, 0.05) is 45.2 Å². The first-order valence-electron chi connectivity index (χ1n) is 11.6. The van der Waals surface area contributed by atoms with E-state index in [-0.39, 0.29) is 30.7 Å². The highest BCUT2D eigenvalue weighted by Gasteiger charge is 2.28. The van der Waals surface area contributed by atoms with Gasteiger partial charge in [-0.2, -0.15) is 0 Å². The fourth-order valence-electron chi connectivity index (χ4n) is 4.29. The summed E-state index contributed by atoms with van der Waals surface area (Å²) in [5.74, 6) is -1.06. The molecular formula is C26H33FN4O3. The van der Waals surface area contributed by atoms with Crippen LogP contribution in [0.15, 0.2) is 42.5 Å². The van der Waals surface area contributed by atoms with Crippen molar-refractivity contribution in [2.45, 2.75) is 39.7 Å². The molecule has 1 atom stereocenters. The van der Waals surface area contributed by atoms with Gasteiger partial charge in [0.2, 0.25) is 17.7 Å². The largest absolute Gasteiger partial charge is 0.344 e. The molecule has 1 saturated heterocycles. The average molecular weight is 469 g/mol. The molecule has 2 aromatic rings. The number of amides is 3. The van der Waals surface area contributed by atoms with E-state index in [1.54, 1.807) is 23.1 Å². The summed E-state index contributed by atoms with van der Waals surface area (Å²) in [5, 5.41) is 5.69. The minimum absolute atomic E-state index is 0.0868. The zero-order valence-corrected chi connectivity index (χ0v) is 20.1. The van der Waals surface area contributed by atoms with Crippen LogP contribution in [-0.2, 0) is 20.8 Å². The van der Waals surface area contributed by atoms with E-state index >= 15 is 0 Å². The normalized spacial score (nSPS) is 15.4. The predicted octanol–water partition coefficient (Wildman–Crippen LogP) is 2.66. The fourth-order valence-corrected chi connectivity index (χ4v) is 4.29. The van der Waals surface area contributed by atoms with Crippen LogP contribution in [0.25, 0.3) is 0 Å². The summed E-state index contributed by atoms with van der Waals surface area (Å²) in [6, 6.07) is 11.3. The monoisotopic (exact) mass is 468 g/mol. The number of nitrogens with one attached hydrogen (secondary N) is 2. The summed E-state index contributed by atoms with van der Waals surface area (Å²) in [7, 11) is 0. The van der Waals surface area contributed by atoms with E-state index in [0.29, 0.717) is 38.2 Å². The van der Waals surface area contributed by atoms with Crippen LogP contribution in [0.5, 0.6) is 0 Å². The molecule has 2 N–H and O–H groups in total. The zero-order chi connectivity index (χ0) is 24.7. The Morgan fingerprint density at radius 3 is 2.35 bits per heavy atom. The Bertz CT molecular complexity index is 1020. The second-order valence-electron chi connectivity index (χ2n) is 8.82. The van der Waals surface area contributed by atoms with Gasteiger partial charge < -0.3 is 15.5 Å². The maximum atomic E-state index is 14.2. The Morgan fingerprint density at radius 1 is 0.971 bits per heavy atom. The molecule has 0 bridgehead atoms. The molecule has 7 nitrogen and oxygen atoms in total. The van der Waals surface area contributed by atoms with Crippen LogP contribution in [0.1, 0.15) is 30.0 Å². The smallest absolute Gasteiger partial charge is 0.245 e. The van der Waals surface area contributed by atoms with Crippen molar-refractivity contribution in [3.63, 3.8) is 0 Å². The minimum atomic E-state index is -0.840. The lowest BCUT2D eigenvalue weighted by Gasteiger charge is -2.27. The topological polar surface area (TPSA) is 81.8 Å². The van der Waals surface area contributed by atoms with Crippen molar-refractivity contribution in [3.05, 3.63) is 65.0 Å². The van der Waals surface area contributed by atoms with E-state index in [4.69, 9.17) is 0 Å². The summed E-state index contributed by atoms with van der Waals surface area (Å²) >= 11 is 0. The Labute approximate surface area is 200 Å². The highest BCUT2D eigenvalue weighted by atomic mass is 19.1. The Balaban J connectivity index is 1.60. The number of benzene rings is 2. The number of para-hydroxylation sites is 1. The van der Waals surface area contributed by atoms with E-state index in [1.807, 2.05) is 36.9 Å². The van der Waals surface area contributed by atoms with Crippen molar-refractivity contribution in [2.75, 3.05) is 38.0 Å². The third-order valence-corrected chi connectivity index (χ3v) is 6.07. The molecule has 1 aliphatic heterocycles. The van der Waals surface area contributed by atoms with Gasteiger partial charge in [-0.05, 0) is 43.0 Å². The van der Waals surface area contributed by atoms with Crippen molar-refractivity contribution >= 4 is 23.4 Å². The fraction of sp³-hybridized carbons (Fsp3) is 0.423. The van der Waals surface area contributed by atoms with Crippen LogP contribution >= 0.6 is 0 Å². The highest BCUT2D eigenvalue weighted by Crippen LogP contribution is 2.19. The molecule has 2 aromatic carbocycles. The first-order valence-corrected chi connectivity index (χ1v) is 11.6. The lowest BCUT2D eigenvalue weighted by molar-refractivity contribution is -0.136. The molecule has 0 saturated carbocycles. The van der Waals surface area contributed by atoms with E-state index in [1.165, 1.54) is 13.0 Å². The molecule has 8 heteroatoms. The van der Waals surface area contributed by atoms with Gasteiger partial charge in [-0.1, -0.05) is 36.4 Å². The molecule has 1 heterocycles. The maximum Gasteiger partial charge on any atom is 0.245 e. The van der Waals surface area contributed by atoms with Gasteiger partial charge in [-0.3, -0.25) is 19.3 Å². The summed E-state index contributed by atoms with van der Waals surface area (Å²) in [4.78, 5) is 41.4. The summed E-state index contributed by atoms with van der Waals surface area (Å²) < 4.78 is 14.2. The van der Waals surface area contributed by atoms with Crippen molar-refractivity contribution in [1.82, 2.24) is 15.1 Å². The van der Waals surface area contributed by atoms with E-state index < -0.39 is 11.9 Å². The van der Waals surface area contributed by atoms with Crippen molar-refractivity contribution in [3.8, 4) is 0 Å². The second kappa shape index (κ2) is 11.7. The SMILES string of the molecule is CC(=O)NC(Cc1ccccc1F)C(=O)N1CCCN(CC(=O)Nc2c(C)cccc2C)CC1. The molecule has 0 spiro atoms. The van der Waals surface area contributed by atoms with E-state index in [0.717, 1.165) is 16.8 Å². The lowest BCUT2D eigenvalue weighted by atomic mass is 10.0. The second-order valence-corrected chi connectivity index (χ2v) is 8.82. The molecule has 0 aromatic heterocycles. The highest BCUT2D eigenvalue weighted by molar-refractivity contribution is 5.93. The molecule has 1 unspecified atom stereocenters. The molecule has 34 heavy (non-hydrogen) atoms. The van der Waals surface area contributed by atoms with Gasteiger partial charge in [0.1, 0.15) is 11.9 Å². The van der Waals surface area contributed by atoms with E-state index in [9.17, 15) is 18.8 Å². The number of carbonyl (C=O) groups excluding carboxylic acids is 3.